The first-order valence-electron chi connectivity index (χ1n) is 12.3. The van der Waals surface area contributed by atoms with E-state index < -0.39 is 17.2 Å². The number of thioether (sulfide) groups is 1. The molecular weight excluding hydrogens is 554 g/mol. The SMILES string of the molecule is CCOC(=O)c1ccc(N=C2SC(C(=O)Nc3ccc(C(=O)OC)cc3)CC(=O)N2Cc2ccc(Cl)cc2)cc1. The Labute approximate surface area is 240 Å². The summed E-state index contributed by atoms with van der Waals surface area (Å²) in [6.45, 7) is 2.24. The summed E-state index contributed by atoms with van der Waals surface area (Å²) in [5.41, 5.74) is 2.55. The molecule has 1 N–H and O–H groups in total. The van der Waals surface area contributed by atoms with Crippen molar-refractivity contribution >= 4 is 63.7 Å². The molecule has 40 heavy (non-hydrogen) atoms. The predicted molar refractivity (Wildman–Crippen MR) is 154 cm³/mol. The number of esters is 2. The fraction of sp³-hybridized carbons (Fsp3) is 0.207. The molecule has 1 unspecified atom stereocenters. The van der Waals surface area contributed by atoms with Crippen molar-refractivity contribution in [3.63, 3.8) is 0 Å². The summed E-state index contributed by atoms with van der Waals surface area (Å²) in [5, 5.41) is 2.98. The van der Waals surface area contributed by atoms with Gasteiger partial charge in [0.25, 0.3) is 0 Å². The number of benzene rings is 3. The lowest BCUT2D eigenvalue weighted by Crippen LogP contribution is -2.44. The minimum atomic E-state index is -0.744. The summed E-state index contributed by atoms with van der Waals surface area (Å²) in [5.74, 6) is -1.56. The largest absolute Gasteiger partial charge is 0.465 e. The van der Waals surface area contributed by atoms with Gasteiger partial charge in [-0.25, -0.2) is 14.6 Å². The van der Waals surface area contributed by atoms with Gasteiger partial charge in [-0.05, 0) is 73.2 Å². The Bertz CT molecular complexity index is 1430. The number of nitrogens with zero attached hydrogens (tertiary/aromatic N) is 2. The number of carbonyl (C=O) groups excluding carboxylic acids is 4. The highest BCUT2D eigenvalue weighted by molar-refractivity contribution is 8.15. The van der Waals surface area contributed by atoms with Crippen molar-refractivity contribution in [3.05, 3.63) is 94.5 Å². The Kier molecular flexibility index (Phi) is 9.57. The second-order valence-electron chi connectivity index (χ2n) is 8.64. The first-order valence-corrected chi connectivity index (χ1v) is 13.6. The summed E-state index contributed by atoms with van der Waals surface area (Å²) >= 11 is 7.19. The van der Waals surface area contributed by atoms with Crippen molar-refractivity contribution in [3.8, 4) is 0 Å². The maximum absolute atomic E-state index is 13.3. The number of amidine groups is 1. The highest BCUT2D eigenvalue weighted by Gasteiger charge is 2.36. The topological polar surface area (TPSA) is 114 Å². The van der Waals surface area contributed by atoms with Crippen LogP contribution in [0.15, 0.2) is 77.8 Å². The zero-order chi connectivity index (χ0) is 28.6. The van der Waals surface area contributed by atoms with Crippen molar-refractivity contribution < 1.29 is 28.7 Å². The van der Waals surface area contributed by atoms with Crippen LogP contribution in [0.4, 0.5) is 11.4 Å². The van der Waals surface area contributed by atoms with E-state index in [9.17, 15) is 19.2 Å². The molecule has 0 aromatic heterocycles. The maximum Gasteiger partial charge on any atom is 0.338 e. The number of halogens is 1. The monoisotopic (exact) mass is 579 g/mol. The number of nitrogens with one attached hydrogen (secondary N) is 1. The normalized spacial score (nSPS) is 16.0. The molecule has 0 aliphatic carbocycles. The molecule has 1 saturated heterocycles. The molecule has 1 fully saturated rings. The van der Waals surface area contributed by atoms with E-state index in [1.165, 1.54) is 23.8 Å². The number of methoxy groups -OCH3 is 1. The maximum atomic E-state index is 13.3. The number of anilines is 1. The van der Waals surface area contributed by atoms with Gasteiger partial charge in [-0.1, -0.05) is 35.5 Å². The highest BCUT2D eigenvalue weighted by atomic mass is 35.5. The molecule has 2 amide bonds. The second kappa shape index (κ2) is 13.3. The van der Waals surface area contributed by atoms with Crippen LogP contribution in [0.25, 0.3) is 0 Å². The molecule has 1 aliphatic rings. The van der Waals surface area contributed by atoms with Gasteiger partial charge in [0, 0.05) is 17.1 Å². The number of ether oxygens (including phenoxy) is 2. The lowest BCUT2D eigenvalue weighted by molar-refractivity contribution is -0.129. The average molecular weight is 580 g/mol. The van der Waals surface area contributed by atoms with Gasteiger partial charge in [0.05, 0.1) is 37.1 Å². The molecule has 0 saturated carbocycles. The zero-order valence-corrected chi connectivity index (χ0v) is 23.3. The average Bonchev–Trinajstić information content (AvgIpc) is 2.96. The standard InChI is InChI=1S/C29H26ClN3O6S/c1-3-39-28(37)20-8-14-23(15-9-20)32-29-33(17-18-4-10-21(30)11-5-18)25(34)16-24(40-29)26(35)31-22-12-6-19(7-13-22)27(36)38-2/h4-15,24H,3,16-17H2,1-2H3,(H,31,35). The van der Waals surface area contributed by atoms with Gasteiger partial charge >= 0.3 is 11.9 Å². The summed E-state index contributed by atoms with van der Waals surface area (Å²) < 4.78 is 9.73. The number of carbonyl (C=O) groups is 4. The first-order chi connectivity index (χ1) is 19.3. The van der Waals surface area contributed by atoms with Crippen LogP contribution in [0.1, 0.15) is 39.6 Å². The van der Waals surface area contributed by atoms with E-state index >= 15 is 0 Å². The summed E-state index contributed by atoms with van der Waals surface area (Å²) in [7, 11) is 1.29. The number of amides is 2. The molecule has 0 radical (unpaired) electrons. The quantitative estimate of drug-likeness (QED) is 0.352. The van der Waals surface area contributed by atoms with E-state index in [0.29, 0.717) is 32.7 Å². The Morgan fingerprint density at radius 2 is 1.60 bits per heavy atom. The van der Waals surface area contributed by atoms with Crippen LogP contribution in [0.2, 0.25) is 5.02 Å². The third-order valence-corrected chi connectivity index (χ3v) is 7.30. The Morgan fingerprint density at radius 3 is 2.23 bits per heavy atom. The van der Waals surface area contributed by atoms with Crippen molar-refractivity contribution in [1.29, 1.82) is 0 Å². The van der Waals surface area contributed by atoms with Crippen LogP contribution < -0.4 is 5.32 Å². The molecular formula is C29H26ClN3O6S. The molecule has 11 heteroatoms. The van der Waals surface area contributed by atoms with E-state index in [2.05, 4.69) is 10.3 Å². The van der Waals surface area contributed by atoms with Crippen LogP contribution in [0, 0.1) is 0 Å². The lowest BCUT2D eigenvalue weighted by Gasteiger charge is -2.32. The molecule has 0 bridgehead atoms. The van der Waals surface area contributed by atoms with Crippen molar-refractivity contribution in [2.75, 3.05) is 19.0 Å². The third kappa shape index (κ3) is 7.28. The smallest absolute Gasteiger partial charge is 0.338 e. The molecule has 1 aliphatic heterocycles. The van der Waals surface area contributed by atoms with Crippen LogP contribution in [-0.2, 0) is 25.6 Å². The van der Waals surface area contributed by atoms with E-state index in [1.807, 2.05) is 12.1 Å². The zero-order valence-electron chi connectivity index (χ0n) is 21.8. The van der Waals surface area contributed by atoms with Crippen molar-refractivity contribution in [2.24, 2.45) is 4.99 Å². The predicted octanol–water partition coefficient (Wildman–Crippen LogP) is 5.46. The van der Waals surface area contributed by atoms with Gasteiger partial charge in [-0.2, -0.15) is 0 Å². The van der Waals surface area contributed by atoms with Gasteiger partial charge in [0.2, 0.25) is 11.8 Å². The van der Waals surface area contributed by atoms with Crippen LogP contribution in [0.5, 0.6) is 0 Å². The van der Waals surface area contributed by atoms with Crippen LogP contribution >= 0.6 is 23.4 Å². The minimum absolute atomic E-state index is 0.0366. The molecule has 3 aromatic rings. The number of rotatable bonds is 8. The van der Waals surface area contributed by atoms with Crippen LogP contribution in [-0.4, -0.2) is 52.8 Å². The van der Waals surface area contributed by atoms with E-state index in [1.54, 1.807) is 67.6 Å². The van der Waals surface area contributed by atoms with Gasteiger partial charge in [-0.3, -0.25) is 14.5 Å². The Morgan fingerprint density at radius 1 is 0.975 bits per heavy atom. The molecule has 1 atom stereocenters. The number of aliphatic imine (C=N–C) groups is 1. The van der Waals surface area contributed by atoms with Gasteiger partial charge < -0.3 is 14.8 Å². The summed E-state index contributed by atoms with van der Waals surface area (Å²) in [6.07, 6.45) is -0.0366. The minimum Gasteiger partial charge on any atom is -0.465 e. The van der Waals surface area contributed by atoms with Crippen molar-refractivity contribution in [1.82, 2.24) is 4.90 Å². The highest BCUT2D eigenvalue weighted by Crippen LogP contribution is 2.31. The van der Waals surface area contributed by atoms with Crippen molar-refractivity contribution in [2.45, 2.75) is 25.1 Å². The number of hydrogen-bond donors (Lipinski definition) is 1. The summed E-state index contributed by atoms with van der Waals surface area (Å²) in [4.78, 5) is 56.4. The fourth-order valence-electron chi connectivity index (χ4n) is 3.80. The summed E-state index contributed by atoms with van der Waals surface area (Å²) in [6, 6.07) is 19.9. The molecule has 1 heterocycles. The third-order valence-electron chi connectivity index (χ3n) is 5.86. The Hall–Kier alpha value is -4.15. The molecule has 206 valence electrons. The van der Waals surface area contributed by atoms with E-state index in [4.69, 9.17) is 21.1 Å². The molecule has 3 aromatic carbocycles. The second-order valence-corrected chi connectivity index (χ2v) is 10.2. The Balaban J connectivity index is 1.57. The van der Waals surface area contributed by atoms with Gasteiger partial charge in [-0.15, -0.1) is 0 Å². The van der Waals surface area contributed by atoms with E-state index in [0.717, 1.165) is 5.56 Å². The molecule has 4 rings (SSSR count). The van der Waals surface area contributed by atoms with Crippen LogP contribution in [0.3, 0.4) is 0 Å². The molecule has 9 nitrogen and oxygen atoms in total. The van der Waals surface area contributed by atoms with E-state index in [-0.39, 0.29) is 31.4 Å². The molecule has 0 spiro atoms. The fourth-order valence-corrected chi connectivity index (χ4v) is 5.02. The number of hydrogen-bond acceptors (Lipinski definition) is 8. The lowest BCUT2D eigenvalue weighted by atomic mass is 10.2. The van der Waals surface area contributed by atoms with Gasteiger partial charge in [0.15, 0.2) is 5.17 Å². The van der Waals surface area contributed by atoms with Gasteiger partial charge in [0.1, 0.15) is 5.25 Å². The first kappa shape index (κ1) is 28.8.